The summed E-state index contributed by atoms with van der Waals surface area (Å²) in [5, 5.41) is 10.8. The predicted octanol–water partition coefficient (Wildman–Crippen LogP) is 1.77. The Morgan fingerprint density at radius 3 is 2.48 bits per heavy atom. The van der Waals surface area contributed by atoms with Crippen LogP contribution in [0.5, 0.6) is 0 Å². The van der Waals surface area contributed by atoms with Gasteiger partial charge in [0.05, 0.1) is 9.82 Å². The Balaban J connectivity index is 2.97. The average Bonchev–Trinajstić information content (AvgIpc) is 2.43. The minimum Gasteiger partial charge on any atom is -0.368 e. The third-order valence-corrected chi connectivity index (χ3v) is 4.44. The topological polar surface area (TPSA) is 116 Å². The molecule has 0 saturated carbocycles. The molecule has 0 spiro atoms. The van der Waals surface area contributed by atoms with Crippen LogP contribution in [-0.4, -0.2) is 32.0 Å². The molecule has 0 radical (unpaired) electrons. The molecule has 1 amide bonds. The largest absolute Gasteiger partial charge is 0.368 e. The Morgan fingerprint density at radius 2 is 1.96 bits per heavy atom. The number of hydrogen-bond acceptors (Lipinski definition) is 6. The van der Waals surface area contributed by atoms with Crippen molar-refractivity contribution in [1.82, 2.24) is 4.72 Å². The van der Waals surface area contributed by atoms with Crippen LogP contribution in [0.3, 0.4) is 0 Å². The second-order valence-corrected chi connectivity index (χ2v) is 7.20. The SMILES string of the molecule is Cc1ccc([N+](=O)[O-])cc1S(=O)(=O)NC(=O)C(C)OCC(C)C. The molecule has 1 aromatic rings. The minimum absolute atomic E-state index is 0.195. The van der Waals surface area contributed by atoms with Crippen molar-refractivity contribution in [2.45, 2.75) is 38.7 Å². The minimum atomic E-state index is -4.21. The number of ether oxygens (including phenoxy) is 1. The van der Waals surface area contributed by atoms with Gasteiger partial charge in [0.25, 0.3) is 21.6 Å². The van der Waals surface area contributed by atoms with E-state index in [9.17, 15) is 23.3 Å². The molecule has 1 aromatic carbocycles. The van der Waals surface area contributed by atoms with Gasteiger partial charge < -0.3 is 4.74 Å². The molecule has 1 unspecified atom stereocenters. The fourth-order valence-electron chi connectivity index (χ4n) is 1.67. The molecule has 23 heavy (non-hydrogen) atoms. The van der Waals surface area contributed by atoms with Gasteiger partial charge in [-0.1, -0.05) is 19.9 Å². The Hall–Kier alpha value is -2.00. The fourth-order valence-corrected chi connectivity index (χ4v) is 2.98. The van der Waals surface area contributed by atoms with Gasteiger partial charge in [-0.05, 0) is 25.3 Å². The van der Waals surface area contributed by atoms with Gasteiger partial charge >= 0.3 is 0 Å². The predicted molar refractivity (Wildman–Crippen MR) is 83.4 cm³/mol. The van der Waals surface area contributed by atoms with E-state index in [1.54, 1.807) is 0 Å². The quantitative estimate of drug-likeness (QED) is 0.595. The summed E-state index contributed by atoms with van der Waals surface area (Å²) >= 11 is 0. The highest BCUT2D eigenvalue weighted by molar-refractivity contribution is 7.90. The van der Waals surface area contributed by atoms with Crippen molar-refractivity contribution in [3.63, 3.8) is 0 Å². The summed E-state index contributed by atoms with van der Waals surface area (Å²) in [5.74, 6) is -0.627. The van der Waals surface area contributed by atoms with Gasteiger partial charge in [0.2, 0.25) is 0 Å². The molecule has 0 heterocycles. The highest BCUT2D eigenvalue weighted by Gasteiger charge is 2.25. The number of nitro benzene ring substituents is 1. The Labute approximate surface area is 135 Å². The van der Waals surface area contributed by atoms with Crippen molar-refractivity contribution in [3.8, 4) is 0 Å². The van der Waals surface area contributed by atoms with Crippen molar-refractivity contribution in [2.24, 2.45) is 5.92 Å². The molecular weight excluding hydrogens is 324 g/mol. The molecule has 0 aromatic heterocycles. The van der Waals surface area contributed by atoms with Gasteiger partial charge in [0, 0.05) is 18.7 Å². The summed E-state index contributed by atoms with van der Waals surface area (Å²) in [6.07, 6.45) is -0.953. The Morgan fingerprint density at radius 1 is 1.35 bits per heavy atom. The first-order chi connectivity index (χ1) is 10.5. The molecule has 1 rings (SSSR count). The number of nitrogens with zero attached hydrogens (tertiary/aromatic N) is 1. The Kier molecular flexibility index (Phi) is 6.22. The van der Waals surface area contributed by atoms with Crippen molar-refractivity contribution >= 4 is 21.6 Å². The van der Waals surface area contributed by atoms with E-state index in [0.717, 1.165) is 6.07 Å². The maximum atomic E-state index is 12.3. The van der Waals surface area contributed by atoms with Gasteiger partial charge in [0.15, 0.2) is 0 Å². The van der Waals surface area contributed by atoms with Gasteiger partial charge in [0.1, 0.15) is 6.10 Å². The van der Waals surface area contributed by atoms with Crippen LogP contribution in [0, 0.1) is 23.0 Å². The van der Waals surface area contributed by atoms with E-state index in [-0.39, 0.29) is 16.5 Å². The third-order valence-electron chi connectivity index (χ3n) is 2.96. The van der Waals surface area contributed by atoms with Crippen LogP contribution in [0.2, 0.25) is 0 Å². The smallest absolute Gasteiger partial charge is 0.270 e. The zero-order valence-corrected chi connectivity index (χ0v) is 14.2. The van der Waals surface area contributed by atoms with E-state index in [0.29, 0.717) is 12.2 Å². The van der Waals surface area contributed by atoms with Crippen LogP contribution in [0.4, 0.5) is 5.69 Å². The number of hydrogen-bond donors (Lipinski definition) is 1. The number of benzene rings is 1. The van der Waals surface area contributed by atoms with Crippen LogP contribution in [0.1, 0.15) is 26.3 Å². The molecule has 1 atom stereocenters. The number of sulfonamides is 1. The number of amides is 1. The lowest BCUT2D eigenvalue weighted by molar-refractivity contribution is -0.385. The number of nitrogens with one attached hydrogen (secondary N) is 1. The number of aryl methyl sites for hydroxylation is 1. The maximum Gasteiger partial charge on any atom is 0.270 e. The summed E-state index contributed by atoms with van der Waals surface area (Å²) in [5.41, 5.74) is -0.0702. The van der Waals surface area contributed by atoms with Gasteiger partial charge in [-0.15, -0.1) is 0 Å². The summed E-state index contributed by atoms with van der Waals surface area (Å²) in [6.45, 7) is 7.03. The van der Waals surface area contributed by atoms with Crippen LogP contribution >= 0.6 is 0 Å². The van der Waals surface area contributed by atoms with Crippen LogP contribution in [0.25, 0.3) is 0 Å². The number of rotatable bonds is 7. The molecule has 0 aliphatic rings. The maximum absolute atomic E-state index is 12.3. The number of carbonyl (C=O) groups is 1. The van der Waals surface area contributed by atoms with Gasteiger partial charge in [-0.2, -0.15) is 0 Å². The van der Waals surface area contributed by atoms with E-state index >= 15 is 0 Å². The second-order valence-electron chi connectivity index (χ2n) is 5.55. The zero-order chi connectivity index (χ0) is 17.8. The van der Waals surface area contributed by atoms with Crippen LogP contribution < -0.4 is 4.72 Å². The molecule has 0 aliphatic carbocycles. The number of nitro groups is 1. The van der Waals surface area contributed by atoms with E-state index in [2.05, 4.69) is 0 Å². The van der Waals surface area contributed by atoms with Crippen molar-refractivity contribution < 1.29 is 22.9 Å². The summed E-state index contributed by atoms with van der Waals surface area (Å²) in [4.78, 5) is 21.7. The first-order valence-electron chi connectivity index (χ1n) is 6.98. The second kappa shape index (κ2) is 7.51. The third kappa shape index (κ3) is 5.29. The molecule has 0 saturated heterocycles. The number of carbonyl (C=O) groups excluding carboxylic acids is 1. The van der Waals surface area contributed by atoms with Gasteiger partial charge in [-0.25, -0.2) is 13.1 Å². The van der Waals surface area contributed by atoms with E-state index in [1.165, 1.54) is 26.0 Å². The summed E-state index contributed by atoms with van der Waals surface area (Å²) < 4.78 is 31.7. The van der Waals surface area contributed by atoms with E-state index in [1.807, 2.05) is 18.6 Å². The normalized spacial score (nSPS) is 12.9. The average molecular weight is 344 g/mol. The lowest BCUT2D eigenvalue weighted by Gasteiger charge is -2.15. The molecule has 9 heteroatoms. The fraction of sp³-hybridized carbons (Fsp3) is 0.500. The molecule has 0 fully saturated rings. The standard InChI is InChI=1S/C14H20N2O6S/c1-9(2)8-22-11(4)14(17)15-23(20,21)13-7-12(16(18)19)6-5-10(13)3/h5-7,9,11H,8H2,1-4H3,(H,15,17). The van der Waals surface area contributed by atoms with E-state index < -0.39 is 27.0 Å². The lowest BCUT2D eigenvalue weighted by atomic mass is 10.2. The molecular formula is C14H20N2O6S. The van der Waals surface area contributed by atoms with Crippen molar-refractivity contribution in [3.05, 3.63) is 33.9 Å². The summed E-state index contributed by atoms with van der Waals surface area (Å²) in [7, 11) is -4.21. The first kappa shape index (κ1) is 19.0. The number of non-ortho nitro benzene ring substituents is 1. The molecule has 128 valence electrons. The molecule has 0 bridgehead atoms. The highest BCUT2D eigenvalue weighted by atomic mass is 32.2. The zero-order valence-electron chi connectivity index (χ0n) is 13.4. The van der Waals surface area contributed by atoms with Gasteiger partial charge in [-0.3, -0.25) is 14.9 Å². The molecule has 0 aliphatic heterocycles. The summed E-state index contributed by atoms with van der Waals surface area (Å²) in [6, 6.07) is 3.44. The van der Waals surface area contributed by atoms with Crippen molar-refractivity contribution in [1.29, 1.82) is 0 Å². The molecule has 8 nitrogen and oxygen atoms in total. The monoisotopic (exact) mass is 344 g/mol. The van der Waals surface area contributed by atoms with Crippen molar-refractivity contribution in [2.75, 3.05) is 6.61 Å². The molecule has 1 N–H and O–H groups in total. The van der Waals surface area contributed by atoms with E-state index in [4.69, 9.17) is 4.74 Å². The van der Waals surface area contributed by atoms with Crippen LogP contribution in [-0.2, 0) is 19.6 Å². The first-order valence-corrected chi connectivity index (χ1v) is 8.46. The lowest BCUT2D eigenvalue weighted by Crippen LogP contribution is -2.39. The highest BCUT2D eigenvalue weighted by Crippen LogP contribution is 2.21. The Bertz CT molecular complexity index is 699. The van der Waals surface area contributed by atoms with Crippen LogP contribution in [0.15, 0.2) is 23.1 Å².